The van der Waals surface area contributed by atoms with Crippen molar-refractivity contribution in [1.29, 1.82) is 0 Å². The van der Waals surface area contributed by atoms with Crippen LogP contribution in [0.3, 0.4) is 0 Å². The van der Waals surface area contributed by atoms with Gasteiger partial charge in [0.2, 0.25) is 5.82 Å². The summed E-state index contributed by atoms with van der Waals surface area (Å²) in [6, 6.07) is 0. The first-order valence-corrected chi connectivity index (χ1v) is 5.35. The second-order valence-electron chi connectivity index (χ2n) is 3.73. The SMILES string of the molecule is O=c1[nH]c(=S)n([C@@H]2O[C@H](CO)C[C@@H]2F)cc1F. The highest BCUT2D eigenvalue weighted by Gasteiger charge is 2.36. The predicted molar refractivity (Wildman–Crippen MR) is 56.4 cm³/mol. The molecule has 94 valence electrons. The number of aromatic amines is 1. The van der Waals surface area contributed by atoms with E-state index in [0.717, 1.165) is 10.8 Å². The smallest absolute Gasteiger partial charge is 0.287 e. The van der Waals surface area contributed by atoms with Gasteiger partial charge in [-0.1, -0.05) is 0 Å². The first-order chi connectivity index (χ1) is 8.02. The zero-order valence-electron chi connectivity index (χ0n) is 8.60. The number of alkyl halides is 1. The Balaban J connectivity index is 2.38. The van der Waals surface area contributed by atoms with Crippen LogP contribution in [0.25, 0.3) is 0 Å². The monoisotopic (exact) mass is 264 g/mol. The number of aliphatic hydroxyl groups is 1. The highest BCUT2D eigenvalue weighted by Crippen LogP contribution is 2.30. The van der Waals surface area contributed by atoms with Crippen molar-refractivity contribution in [1.82, 2.24) is 9.55 Å². The number of H-pyrrole nitrogens is 1. The van der Waals surface area contributed by atoms with Gasteiger partial charge in [0.25, 0.3) is 5.56 Å². The third-order valence-corrected chi connectivity index (χ3v) is 2.84. The van der Waals surface area contributed by atoms with Gasteiger partial charge in [-0.3, -0.25) is 14.3 Å². The Hall–Kier alpha value is -1.12. The lowest BCUT2D eigenvalue weighted by atomic mass is 10.2. The number of nitrogens with one attached hydrogen (secondary N) is 1. The van der Waals surface area contributed by atoms with E-state index in [9.17, 15) is 13.6 Å². The maximum Gasteiger partial charge on any atom is 0.287 e. The largest absolute Gasteiger partial charge is 0.394 e. The topological polar surface area (TPSA) is 67.2 Å². The molecule has 2 N–H and O–H groups in total. The van der Waals surface area contributed by atoms with Crippen LogP contribution in [0.4, 0.5) is 8.78 Å². The van der Waals surface area contributed by atoms with Crippen LogP contribution in [0.15, 0.2) is 11.0 Å². The number of nitrogens with zero attached hydrogens (tertiary/aromatic N) is 1. The van der Waals surface area contributed by atoms with Gasteiger partial charge in [-0.25, -0.2) is 4.39 Å². The van der Waals surface area contributed by atoms with Crippen molar-refractivity contribution in [3.05, 3.63) is 27.1 Å². The van der Waals surface area contributed by atoms with E-state index >= 15 is 0 Å². The fourth-order valence-electron chi connectivity index (χ4n) is 1.71. The summed E-state index contributed by atoms with van der Waals surface area (Å²) in [6.07, 6.45) is -2.37. The van der Waals surface area contributed by atoms with E-state index in [1.165, 1.54) is 0 Å². The highest BCUT2D eigenvalue weighted by atomic mass is 32.1. The molecule has 0 saturated carbocycles. The van der Waals surface area contributed by atoms with E-state index in [2.05, 4.69) is 4.98 Å². The molecule has 0 radical (unpaired) electrons. The highest BCUT2D eigenvalue weighted by molar-refractivity contribution is 7.71. The minimum absolute atomic E-state index is 0.00366. The van der Waals surface area contributed by atoms with Gasteiger partial charge in [-0.2, -0.15) is 4.39 Å². The summed E-state index contributed by atoms with van der Waals surface area (Å²) in [5.41, 5.74) is -0.960. The van der Waals surface area contributed by atoms with Gasteiger partial charge in [0.05, 0.1) is 18.9 Å². The summed E-state index contributed by atoms with van der Waals surface area (Å²) in [4.78, 5) is 13.0. The molecule has 2 rings (SSSR count). The van der Waals surface area contributed by atoms with Crippen LogP contribution in [-0.2, 0) is 4.74 Å². The lowest BCUT2D eigenvalue weighted by Crippen LogP contribution is -2.23. The minimum atomic E-state index is -1.41. The molecule has 0 aliphatic carbocycles. The van der Waals surface area contributed by atoms with E-state index in [-0.39, 0.29) is 17.8 Å². The molecular formula is C9H10F2N2O3S. The van der Waals surface area contributed by atoms with E-state index in [1.807, 2.05) is 0 Å². The standard InChI is InChI=1S/C9H10F2N2O3S/c10-5-1-4(3-14)16-8(5)13-2-6(11)7(15)12-9(13)17/h2,4-5,8,14H,1,3H2,(H,12,15,17)/t4-,5-,8+/m0/s1. The summed E-state index contributed by atoms with van der Waals surface area (Å²) in [7, 11) is 0. The average molecular weight is 264 g/mol. The zero-order valence-corrected chi connectivity index (χ0v) is 9.42. The molecular weight excluding hydrogens is 254 g/mol. The van der Waals surface area contributed by atoms with Gasteiger partial charge >= 0.3 is 0 Å². The van der Waals surface area contributed by atoms with E-state index in [1.54, 1.807) is 0 Å². The van der Waals surface area contributed by atoms with Gasteiger partial charge in [0.15, 0.2) is 11.0 Å². The minimum Gasteiger partial charge on any atom is -0.394 e. The summed E-state index contributed by atoms with van der Waals surface area (Å²) < 4.78 is 32.7. The van der Waals surface area contributed by atoms with Crippen molar-refractivity contribution in [2.75, 3.05) is 6.61 Å². The van der Waals surface area contributed by atoms with Gasteiger partial charge in [0.1, 0.15) is 6.17 Å². The van der Waals surface area contributed by atoms with E-state index < -0.39 is 29.9 Å². The molecule has 0 aromatic carbocycles. The third-order valence-electron chi connectivity index (χ3n) is 2.53. The molecule has 1 aromatic rings. The second kappa shape index (κ2) is 4.63. The lowest BCUT2D eigenvalue weighted by molar-refractivity contribution is -0.0389. The molecule has 1 aliphatic rings. The summed E-state index contributed by atoms with van der Waals surface area (Å²) in [6.45, 7) is -0.323. The Kier molecular flexibility index (Phi) is 3.36. The quantitative estimate of drug-likeness (QED) is 0.770. The lowest BCUT2D eigenvalue weighted by Gasteiger charge is -2.16. The molecule has 17 heavy (non-hydrogen) atoms. The molecule has 3 atom stereocenters. The van der Waals surface area contributed by atoms with Gasteiger partial charge in [-0.05, 0) is 12.2 Å². The average Bonchev–Trinajstić information content (AvgIpc) is 2.65. The van der Waals surface area contributed by atoms with E-state index in [0.29, 0.717) is 0 Å². The Labute approximate surface area is 99.7 Å². The Bertz CT molecular complexity index is 530. The third kappa shape index (κ3) is 2.28. The van der Waals surface area contributed by atoms with Crippen LogP contribution in [0.1, 0.15) is 12.6 Å². The van der Waals surface area contributed by atoms with Crippen LogP contribution < -0.4 is 5.56 Å². The molecule has 1 aromatic heterocycles. The Morgan fingerprint density at radius 3 is 3.00 bits per heavy atom. The Morgan fingerprint density at radius 1 is 1.71 bits per heavy atom. The van der Waals surface area contributed by atoms with Crippen LogP contribution in [0, 0.1) is 10.6 Å². The molecule has 0 unspecified atom stereocenters. The molecule has 2 heterocycles. The Morgan fingerprint density at radius 2 is 2.41 bits per heavy atom. The number of aromatic nitrogens is 2. The fourth-order valence-corrected chi connectivity index (χ4v) is 1.96. The van der Waals surface area contributed by atoms with Crippen molar-refractivity contribution >= 4 is 12.2 Å². The molecule has 0 bridgehead atoms. The molecule has 1 saturated heterocycles. The van der Waals surface area contributed by atoms with Crippen LogP contribution in [0.2, 0.25) is 0 Å². The summed E-state index contributed by atoms with van der Waals surface area (Å²) in [5, 5.41) is 8.86. The number of halogens is 2. The first-order valence-electron chi connectivity index (χ1n) is 4.94. The maximum absolute atomic E-state index is 13.6. The predicted octanol–water partition coefficient (Wildman–Crippen LogP) is 0.663. The molecule has 0 spiro atoms. The summed E-state index contributed by atoms with van der Waals surface area (Å²) in [5.74, 6) is -1.07. The normalized spacial score (nSPS) is 28.5. The molecule has 8 heteroatoms. The molecule has 5 nitrogen and oxygen atoms in total. The van der Waals surface area contributed by atoms with Crippen molar-refractivity contribution in [3.8, 4) is 0 Å². The fraction of sp³-hybridized carbons (Fsp3) is 0.556. The molecule has 1 fully saturated rings. The number of aliphatic hydroxyl groups excluding tert-OH is 1. The van der Waals surface area contributed by atoms with Crippen LogP contribution >= 0.6 is 12.2 Å². The number of hydrogen-bond donors (Lipinski definition) is 2. The maximum atomic E-state index is 13.6. The second-order valence-corrected chi connectivity index (χ2v) is 4.11. The van der Waals surface area contributed by atoms with Crippen molar-refractivity contribution < 1.29 is 18.6 Å². The number of ether oxygens (including phenoxy) is 1. The van der Waals surface area contributed by atoms with Crippen molar-refractivity contribution in [2.24, 2.45) is 0 Å². The molecule has 0 amide bonds. The molecule has 1 aliphatic heterocycles. The summed E-state index contributed by atoms with van der Waals surface area (Å²) >= 11 is 4.80. The number of hydrogen-bond acceptors (Lipinski definition) is 4. The number of rotatable bonds is 2. The first kappa shape index (κ1) is 12.3. The van der Waals surface area contributed by atoms with Crippen molar-refractivity contribution in [3.63, 3.8) is 0 Å². The van der Waals surface area contributed by atoms with Crippen LogP contribution in [-0.4, -0.2) is 33.5 Å². The van der Waals surface area contributed by atoms with E-state index in [4.69, 9.17) is 22.1 Å². The van der Waals surface area contributed by atoms with Gasteiger partial charge < -0.3 is 9.84 Å². The van der Waals surface area contributed by atoms with Crippen molar-refractivity contribution in [2.45, 2.75) is 24.9 Å². The zero-order chi connectivity index (χ0) is 12.6. The van der Waals surface area contributed by atoms with Crippen LogP contribution in [0.5, 0.6) is 0 Å². The van der Waals surface area contributed by atoms with Gasteiger partial charge in [0, 0.05) is 6.42 Å². The van der Waals surface area contributed by atoms with Gasteiger partial charge in [-0.15, -0.1) is 0 Å².